The number of para-hydroxylation sites is 1. The molecule has 0 atom stereocenters. The van der Waals surface area contributed by atoms with E-state index < -0.39 is 0 Å². The van der Waals surface area contributed by atoms with Crippen molar-refractivity contribution in [2.75, 3.05) is 13.6 Å². The molecule has 4 aromatic rings. The van der Waals surface area contributed by atoms with Gasteiger partial charge in [-0.1, -0.05) is 48.5 Å². The summed E-state index contributed by atoms with van der Waals surface area (Å²) in [5, 5.41) is 11.1. The monoisotopic (exact) mass is 389 g/mol. The van der Waals surface area contributed by atoms with E-state index in [-0.39, 0.29) is 0 Å². The molecular weight excluding hydrogens is 366 g/mol. The van der Waals surface area contributed by atoms with Gasteiger partial charge in [-0.05, 0) is 18.1 Å². The summed E-state index contributed by atoms with van der Waals surface area (Å²) in [5.41, 5.74) is 4.65. The molecule has 0 saturated heterocycles. The van der Waals surface area contributed by atoms with E-state index in [4.69, 9.17) is 4.98 Å². The number of nitrogens with one attached hydrogen (secondary N) is 3. The van der Waals surface area contributed by atoms with Crippen LogP contribution in [-0.2, 0) is 13.0 Å². The van der Waals surface area contributed by atoms with Gasteiger partial charge in [-0.3, -0.25) is 4.99 Å². The molecule has 0 bridgehead atoms. The lowest BCUT2D eigenvalue weighted by molar-refractivity contribution is 0.794. The van der Waals surface area contributed by atoms with E-state index in [1.165, 1.54) is 16.5 Å². The maximum Gasteiger partial charge on any atom is 0.191 e. The second-order valence-electron chi connectivity index (χ2n) is 6.45. The van der Waals surface area contributed by atoms with E-state index in [1.54, 1.807) is 18.4 Å². The Kier molecular flexibility index (Phi) is 5.68. The summed E-state index contributed by atoms with van der Waals surface area (Å²) in [6.07, 6.45) is 3.02. The van der Waals surface area contributed by atoms with Gasteiger partial charge >= 0.3 is 0 Å². The first-order chi connectivity index (χ1) is 13.8. The van der Waals surface area contributed by atoms with Crippen LogP contribution in [0.4, 0.5) is 0 Å². The number of hydrogen-bond donors (Lipinski definition) is 3. The number of nitrogens with zero attached hydrogens (tertiary/aromatic N) is 2. The SMILES string of the molecule is CN=C(NCCc1c[nH]c2ccccc12)NCc1nc(-c2ccccc2)cs1. The highest BCUT2D eigenvalue weighted by Crippen LogP contribution is 2.21. The fourth-order valence-electron chi connectivity index (χ4n) is 3.17. The summed E-state index contributed by atoms with van der Waals surface area (Å²) < 4.78 is 0. The normalized spacial score (nSPS) is 11.7. The van der Waals surface area contributed by atoms with Crippen LogP contribution in [0.15, 0.2) is 71.2 Å². The van der Waals surface area contributed by atoms with Crippen molar-refractivity contribution < 1.29 is 0 Å². The molecule has 0 aliphatic rings. The Morgan fingerprint density at radius 2 is 1.89 bits per heavy atom. The van der Waals surface area contributed by atoms with Gasteiger partial charge in [-0.15, -0.1) is 11.3 Å². The predicted octanol–water partition coefficient (Wildman–Crippen LogP) is 4.20. The topological polar surface area (TPSA) is 65.1 Å². The van der Waals surface area contributed by atoms with E-state index in [1.807, 2.05) is 18.2 Å². The van der Waals surface area contributed by atoms with Crippen molar-refractivity contribution in [2.45, 2.75) is 13.0 Å². The zero-order valence-corrected chi connectivity index (χ0v) is 16.6. The van der Waals surface area contributed by atoms with Gasteiger partial charge in [0, 0.05) is 41.6 Å². The van der Waals surface area contributed by atoms with Gasteiger partial charge in [0.1, 0.15) is 5.01 Å². The van der Waals surface area contributed by atoms with Crippen LogP contribution < -0.4 is 10.6 Å². The molecule has 3 N–H and O–H groups in total. The van der Waals surface area contributed by atoms with Gasteiger partial charge in [0.15, 0.2) is 5.96 Å². The standard InChI is InChI=1S/C22H23N5S/c1-23-22(24-12-11-17-13-25-19-10-6-5-9-18(17)19)26-14-21-27-20(15-28-21)16-7-3-2-4-8-16/h2-10,13,15,25H,11-12,14H2,1H3,(H2,23,24,26). The third-order valence-corrected chi connectivity index (χ3v) is 5.46. The average Bonchev–Trinajstić information content (AvgIpc) is 3.39. The summed E-state index contributed by atoms with van der Waals surface area (Å²) in [6, 6.07) is 18.6. The van der Waals surface area contributed by atoms with Gasteiger partial charge in [0.2, 0.25) is 0 Å². The maximum absolute atomic E-state index is 4.71. The van der Waals surface area contributed by atoms with Crippen LogP contribution in [-0.4, -0.2) is 29.5 Å². The minimum Gasteiger partial charge on any atom is -0.361 e. The number of fused-ring (bicyclic) bond motifs is 1. The minimum absolute atomic E-state index is 0.657. The number of H-pyrrole nitrogens is 1. The van der Waals surface area contributed by atoms with Crippen molar-refractivity contribution in [1.82, 2.24) is 20.6 Å². The molecule has 2 aromatic carbocycles. The number of aromatic nitrogens is 2. The smallest absolute Gasteiger partial charge is 0.191 e. The van der Waals surface area contributed by atoms with E-state index >= 15 is 0 Å². The molecule has 142 valence electrons. The van der Waals surface area contributed by atoms with Crippen LogP contribution in [0.2, 0.25) is 0 Å². The van der Waals surface area contributed by atoms with Gasteiger partial charge in [-0.2, -0.15) is 0 Å². The second kappa shape index (κ2) is 8.71. The van der Waals surface area contributed by atoms with E-state index in [2.05, 4.69) is 68.6 Å². The molecule has 5 nitrogen and oxygen atoms in total. The van der Waals surface area contributed by atoms with Gasteiger partial charge in [0.25, 0.3) is 0 Å². The van der Waals surface area contributed by atoms with Crippen LogP contribution in [0.1, 0.15) is 10.6 Å². The Morgan fingerprint density at radius 3 is 2.75 bits per heavy atom. The Bertz CT molecular complexity index is 1060. The summed E-state index contributed by atoms with van der Waals surface area (Å²) in [4.78, 5) is 12.3. The molecule has 0 spiro atoms. The maximum atomic E-state index is 4.71. The first-order valence-corrected chi connectivity index (χ1v) is 10.2. The van der Waals surface area contributed by atoms with Crippen LogP contribution in [0, 0.1) is 0 Å². The highest BCUT2D eigenvalue weighted by atomic mass is 32.1. The summed E-state index contributed by atoms with van der Waals surface area (Å²) in [5.74, 6) is 0.788. The molecule has 0 radical (unpaired) electrons. The third-order valence-electron chi connectivity index (χ3n) is 4.61. The number of hydrogen-bond acceptors (Lipinski definition) is 3. The van der Waals surface area contributed by atoms with Crippen molar-refractivity contribution in [3.8, 4) is 11.3 Å². The highest BCUT2D eigenvalue weighted by molar-refractivity contribution is 7.09. The van der Waals surface area contributed by atoms with Gasteiger partial charge in [-0.25, -0.2) is 4.98 Å². The van der Waals surface area contributed by atoms with Crippen LogP contribution >= 0.6 is 11.3 Å². The number of aromatic amines is 1. The summed E-state index contributed by atoms with van der Waals surface area (Å²) in [6.45, 7) is 1.47. The van der Waals surface area contributed by atoms with Gasteiger partial charge in [0.05, 0.1) is 12.2 Å². The summed E-state index contributed by atoms with van der Waals surface area (Å²) in [7, 11) is 1.79. The quantitative estimate of drug-likeness (QED) is 0.342. The minimum atomic E-state index is 0.657. The van der Waals surface area contributed by atoms with E-state index in [0.717, 1.165) is 35.2 Å². The first-order valence-electron chi connectivity index (χ1n) is 9.33. The third kappa shape index (κ3) is 4.23. The van der Waals surface area contributed by atoms with Crippen LogP contribution in [0.3, 0.4) is 0 Å². The number of guanidine groups is 1. The Hall–Kier alpha value is -3.12. The van der Waals surface area contributed by atoms with Crippen LogP contribution in [0.5, 0.6) is 0 Å². The Balaban J connectivity index is 1.29. The predicted molar refractivity (Wildman–Crippen MR) is 118 cm³/mol. The molecule has 0 unspecified atom stereocenters. The van der Waals surface area contributed by atoms with Crippen LogP contribution in [0.25, 0.3) is 22.2 Å². The molecule has 0 saturated carbocycles. The molecule has 4 rings (SSSR count). The molecule has 0 aliphatic carbocycles. The Labute approximate surface area is 168 Å². The van der Waals surface area contributed by atoms with Crippen molar-refractivity contribution >= 4 is 28.2 Å². The fraction of sp³-hybridized carbons (Fsp3) is 0.182. The van der Waals surface area contributed by atoms with Crippen molar-refractivity contribution in [3.63, 3.8) is 0 Å². The zero-order chi connectivity index (χ0) is 19.2. The summed E-state index contributed by atoms with van der Waals surface area (Å²) >= 11 is 1.66. The van der Waals surface area contributed by atoms with Gasteiger partial charge < -0.3 is 15.6 Å². The number of aliphatic imine (C=N–C) groups is 1. The second-order valence-corrected chi connectivity index (χ2v) is 7.40. The van der Waals surface area contributed by atoms with E-state index in [0.29, 0.717) is 6.54 Å². The molecular formula is C22H23N5S. The average molecular weight is 390 g/mol. The molecule has 28 heavy (non-hydrogen) atoms. The lowest BCUT2D eigenvalue weighted by atomic mass is 10.1. The zero-order valence-electron chi connectivity index (χ0n) is 15.8. The molecule has 0 amide bonds. The lowest BCUT2D eigenvalue weighted by Crippen LogP contribution is -2.37. The fourth-order valence-corrected chi connectivity index (χ4v) is 3.91. The molecule has 0 fully saturated rings. The first kappa shape index (κ1) is 18.3. The molecule has 6 heteroatoms. The Morgan fingerprint density at radius 1 is 1.07 bits per heavy atom. The number of thiazole rings is 1. The van der Waals surface area contributed by atoms with E-state index in [9.17, 15) is 0 Å². The molecule has 2 heterocycles. The molecule has 0 aliphatic heterocycles. The molecule has 2 aromatic heterocycles. The number of rotatable bonds is 6. The highest BCUT2D eigenvalue weighted by Gasteiger charge is 2.06. The van der Waals surface area contributed by atoms with Crippen molar-refractivity contribution in [1.29, 1.82) is 0 Å². The largest absolute Gasteiger partial charge is 0.361 e. The number of benzene rings is 2. The van der Waals surface area contributed by atoms with Crippen molar-refractivity contribution in [2.24, 2.45) is 4.99 Å². The lowest BCUT2D eigenvalue weighted by Gasteiger charge is -2.10. The van der Waals surface area contributed by atoms with Crippen molar-refractivity contribution in [3.05, 3.63) is 76.7 Å².